The first-order chi connectivity index (χ1) is 28.3. The van der Waals surface area contributed by atoms with Crippen molar-refractivity contribution in [3.05, 3.63) is 210 Å². The number of halogens is 1. The molecule has 10 aromatic rings. The van der Waals surface area contributed by atoms with E-state index < -0.39 is 0 Å². The van der Waals surface area contributed by atoms with Gasteiger partial charge in [-0.2, -0.15) is 0 Å². The lowest BCUT2D eigenvalue weighted by atomic mass is 9.80. The van der Waals surface area contributed by atoms with Crippen LogP contribution >= 0.6 is 0 Å². The van der Waals surface area contributed by atoms with Gasteiger partial charge >= 0.3 is 0 Å². The van der Waals surface area contributed by atoms with Crippen molar-refractivity contribution in [3.63, 3.8) is 0 Å². The van der Waals surface area contributed by atoms with Crippen molar-refractivity contribution in [2.75, 3.05) is 4.90 Å². The van der Waals surface area contributed by atoms with Gasteiger partial charge in [-0.05, 0) is 160 Å². The van der Waals surface area contributed by atoms with Gasteiger partial charge < -0.3 is 4.90 Å². The highest BCUT2D eigenvalue weighted by atomic mass is 19.1. The summed E-state index contributed by atoms with van der Waals surface area (Å²) in [4.78, 5) is 2.02. The van der Waals surface area contributed by atoms with Gasteiger partial charge in [-0.15, -0.1) is 0 Å². The number of hydrogen-bond donors (Lipinski definition) is 0. The van der Waals surface area contributed by atoms with E-state index in [1.54, 1.807) is 6.07 Å². The molecule has 0 atom stereocenters. The third-order valence-electron chi connectivity index (χ3n) is 12.5. The van der Waals surface area contributed by atoms with E-state index in [0.29, 0.717) is 5.69 Å². The van der Waals surface area contributed by atoms with Crippen LogP contribution in [-0.4, -0.2) is 0 Å². The second kappa shape index (κ2) is 13.0. The maximum atomic E-state index is 15.3. The molecule has 0 spiro atoms. The van der Waals surface area contributed by atoms with Crippen LogP contribution in [0.25, 0.3) is 77.1 Å². The third kappa shape index (κ3) is 5.36. The van der Waals surface area contributed by atoms with Gasteiger partial charge in [0.05, 0.1) is 5.69 Å². The van der Waals surface area contributed by atoms with Crippen LogP contribution in [0.3, 0.4) is 0 Å². The first-order valence-electron chi connectivity index (χ1n) is 20.1. The molecule has 58 heavy (non-hydrogen) atoms. The van der Waals surface area contributed by atoms with Gasteiger partial charge in [0.2, 0.25) is 0 Å². The predicted octanol–water partition coefficient (Wildman–Crippen LogP) is 15.8. The molecule has 0 heterocycles. The minimum Gasteiger partial charge on any atom is -0.307 e. The van der Waals surface area contributed by atoms with Crippen molar-refractivity contribution in [2.24, 2.45) is 0 Å². The van der Waals surface area contributed by atoms with Crippen LogP contribution in [0.5, 0.6) is 0 Å². The van der Waals surface area contributed by atoms with Gasteiger partial charge in [-0.3, -0.25) is 0 Å². The van der Waals surface area contributed by atoms with Crippen molar-refractivity contribution < 1.29 is 4.39 Å². The predicted molar refractivity (Wildman–Crippen MR) is 246 cm³/mol. The summed E-state index contributed by atoms with van der Waals surface area (Å²) in [6.07, 6.45) is 4.47. The summed E-state index contributed by atoms with van der Waals surface area (Å²) < 4.78 is 15.3. The minimum atomic E-state index is -0.255. The second-order valence-corrected chi connectivity index (χ2v) is 16.4. The highest BCUT2D eigenvalue weighted by Crippen LogP contribution is 2.51. The highest BCUT2D eigenvalue weighted by molar-refractivity contribution is 6.18. The van der Waals surface area contributed by atoms with Crippen LogP contribution in [0, 0.1) is 12.7 Å². The van der Waals surface area contributed by atoms with Crippen LogP contribution < -0.4 is 4.90 Å². The summed E-state index contributed by atoms with van der Waals surface area (Å²) in [6.45, 7) is 6.84. The summed E-state index contributed by atoms with van der Waals surface area (Å²) in [5.74, 6) is -0.255. The summed E-state index contributed by atoms with van der Waals surface area (Å²) >= 11 is 0. The number of nitrogens with zero attached hydrogens (tertiary/aromatic N) is 1. The number of hydrogen-bond acceptors (Lipinski definition) is 1. The van der Waals surface area contributed by atoms with Gasteiger partial charge in [0.25, 0.3) is 0 Å². The van der Waals surface area contributed by atoms with Crippen molar-refractivity contribution in [2.45, 2.75) is 26.2 Å². The molecular formula is C56H40FN. The largest absolute Gasteiger partial charge is 0.307 e. The maximum Gasteiger partial charge on any atom is 0.147 e. The number of rotatable bonds is 6. The summed E-state index contributed by atoms with van der Waals surface area (Å²) in [5.41, 5.74) is 11.0. The molecule has 0 aliphatic heterocycles. The van der Waals surface area contributed by atoms with Gasteiger partial charge in [0.1, 0.15) is 5.82 Å². The Kier molecular flexibility index (Phi) is 7.68. The fourth-order valence-corrected chi connectivity index (χ4v) is 9.57. The highest BCUT2D eigenvalue weighted by Gasteiger charge is 2.35. The van der Waals surface area contributed by atoms with Crippen molar-refractivity contribution in [3.8, 4) is 11.1 Å². The SMILES string of the molecule is Cc1ccccc1N(c1ccc2cc(/C=C/c3cc4c5c(ccc6cc(-c7cc8ccccc8c8ccccc78)cc(c65)C4(C)C)c3)ccc2c1)c1ccccc1F. The Labute approximate surface area is 337 Å². The van der Waals surface area contributed by atoms with Gasteiger partial charge in [-0.1, -0.05) is 141 Å². The lowest BCUT2D eigenvalue weighted by molar-refractivity contribution is 0.629. The Morgan fingerprint density at radius 2 is 1.07 bits per heavy atom. The number of anilines is 3. The zero-order chi connectivity index (χ0) is 39.1. The molecule has 0 aromatic heterocycles. The number of para-hydroxylation sites is 2. The van der Waals surface area contributed by atoms with Gasteiger partial charge in [-0.25, -0.2) is 4.39 Å². The van der Waals surface area contributed by atoms with E-state index in [0.717, 1.165) is 33.3 Å². The quantitative estimate of drug-likeness (QED) is 0.121. The fraction of sp³-hybridized carbons (Fsp3) is 0.0714. The van der Waals surface area contributed by atoms with Gasteiger partial charge in [0.15, 0.2) is 0 Å². The van der Waals surface area contributed by atoms with Crippen LogP contribution in [0.15, 0.2) is 176 Å². The Balaban J connectivity index is 0.945. The molecule has 2 heteroatoms. The first kappa shape index (κ1) is 34.2. The van der Waals surface area contributed by atoms with Crippen LogP contribution in [0.4, 0.5) is 21.5 Å². The molecule has 1 nitrogen and oxygen atoms in total. The van der Waals surface area contributed by atoms with E-state index in [4.69, 9.17) is 0 Å². The average Bonchev–Trinajstić information content (AvgIpc) is 3.48. The molecule has 0 saturated heterocycles. The van der Waals surface area contributed by atoms with Crippen LogP contribution in [-0.2, 0) is 5.41 Å². The standard InChI is InChI=1S/C56H40FN/c1-35-12-4-10-18-52(35)58(53-19-11-9-17-51(53)57)44-27-26-38-28-36(22-23-39(38)32-44)20-21-37-29-41-24-25-42-31-43(34-50-55(42)54(41)49(30-37)56(50,2)3)48-33-40-13-5-6-14-45(40)46-15-7-8-16-47(46)48/h4-34H,1-3H3/b21-20+. The van der Waals surface area contributed by atoms with E-state index in [2.05, 4.69) is 166 Å². The lowest BCUT2D eigenvalue weighted by Gasteiger charge is -2.27. The normalized spacial score (nSPS) is 13.2. The van der Waals surface area contributed by atoms with Crippen LogP contribution in [0.1, 0.15) is 41.7 Å². The molecule has 0 radical (unpaired) electrons. The Morgan fingerprint density at radius 3 is 1.88 bits per heavy atom. The van der Waals surface area contributed by atoms with Crippen molar-refractivity contribution >= 4 is 83.1 Å². The van der Waals surface area contributed by atoms with E-state index >= 15 is 4.39 Å². The molecule has 11 rings (SSSR count). The number of aryl methyl sites for hydroxylation is 1. The average molecular weight is 746 g/mol. The maximum absolute atomic E-state index is 15.3. The monoisotopic (exact) mass is 745 g/mol. The molecule has 0 fully saturated rings. The lowest BCUT2D eigenvalue weighted by Crippen LogP contribution is -2.15. The molecule has 0 bridgehead atoms. The zero-order valence-electron chi connectivity index (χ0n) is 32.7. The molecule has 0 N–H and O–H groups in total. The molecule has 276 valence electrons. The van der Waals surface area contributed by atoms with E-state index in [-0.39, 0.29) is 11.2 Å². The van der Waals surface area contributed by atoms with Crippen molar-refractivity contribution in [1.82, 2.24) is 0 Å². The molecule has 1 aliphatic carbocycles. The first-order valence-corrected chi connectivity index (χ1v) is 20.1. The fourth-order valence-electron chi connectivity index (χ4n) is 9.57. The molecule has 1 aliphatic rings. The van der Waals surface area contributed by atoms with Crippen molar-refractivity contribution in [1.29, 1.82) is 0 Å². The molecular weight excluding hydrogens is 706 g/mol. The third-order valence-corrected chi connectivity index (χ3v) is 12.5. The number of fused-ring (bicyclic) bond motifs is 4. The summed E-state index contributed by atoms with van der Waals surface area (Å²) in [6, 6.07) is 62.2. The second-order valence-electron chi connectivity index (χ2n) is 16.4. The van der Waals surface area contributed by atoms with Gasteiger partial charge in [0, 0.05) is 16.8 Å². The Morgan fingerprint density at radius 1 is 0.466 bits per heavy atom. The smallest absolute Gasteiger partial charge is 0.147 e. The van der Waals surface area contributed by atoms with E-state index in [1.807, 2.05) is 35.2 Å². The Bertz CT molecular complexity index is 3310. The topological polar surface area (TPSA) is 3.24 Å². The molecule has 0 saturated carbocycles. The summed E-state index contributed by atoms with van der Waals surface area (Å²) in [7, 11) is 0. The molecule has 10 aromatic carbocycles. The minimum absolute atomic E-state index is 0.164. The summed E-state index contributed by atoms with van der Waals surface area (Å²) in [5, 5.41) is 12.7. The van der Waals surface area contributed by atoms with E-state index in [9.17, 15) is 0 Å². The van der Waals surface area contributed by atoms with E-state index in [1.165, 1.54) is 77.0 Å². The van der Waals surface area contributed by atoms with Crippen LogP contribution in [0.2, 0.25) is 0 Å². The molecule has 0 amide bonds. The number of benzene rings is 10. The zero-order valence-corrected chi connectivity index (χ0v) is 32.7. The Hall–Kier alpha value is -7.03. The molecule has 0 unspecified atom stereocenters.